The minimum atomic E-state index is 0.745. The number of carbonyl (C=O) groups excluding carboxylic acids is 1. The van der Waals surface area contributed by atoms with Crippen LogP contribution in [0.3, 0.4) is 0 Å². The van der Waals surface area contributed by atoms with E-state index in [0.29, 0.717) is 0 Å². The molecule has 0 saturated carbocycles. The summed E-state index contributed by atoms with van der Waals surface area (Å²) in [7, 11) is 0.745. The summed E-state index contributed by atoms with van der Waals surface area (Å²) in [6.07, 6.45) is 0. The van der Waals surface area contributed by atoms with Gasteiger partial charge >= 0.3 is 0 Å². The molecule has 0 heterocycles. The first-order chi connectivity index (χ1) is 1.91. The summed E-state index contributed by atoms with van der Waals surface area (Å²) in [5.41, 5.74) is 1.46. The molecule has 23 valence electrons. The summed E-state index contributed by atoms with van der Waals surface area (Å²) in [6, 6.07) is 0. The lowest BCUT2D eigenvalue weighted by atomic mass is 11.8. The van der Waals surface area contributed by atoms with Crippen LogP contribution in [0, 0.1) is 0 Å². The Hall–Kier alpha value is 0.370. The minimum absolute atomic E-state index is 0.745. The summed E-state index contributed by atoms with van der Waals surface area (Å²) in [5.74, 6) is 0. The molecule has 0 unspecified atom stereocenters. The van der Waals surface area contributed by atoms with Crippen molar-refractivity contribution in [2.24, 2.45) is 0 Å². The van der Waals surface area contributed by atoms with E-state index in [2.05, 4.69) is 11.7 Å². The Morgan fingerprint density at radius 1 is 2.00 bits per heavy atom. The molecule has 3 heteroatoms. The highest BCUT2D eigenvalue weighted by atomic mass is 33.1. The topological polar surface area (TPSA) is 17.1 Å². The molecule has 0 atom stereocenters. The van der Waals surface area contributed by atoms with Crippen molar-refractivity contribution in [3.63, 3.8) is 0 Å². The number of rotatable bonds is 1. The number of hydrogen-bond donors (Lipinski definition) is 1. The largest absolute Gasteiger partial charge is 0.277 e. The summed E-state index contributed by atoms with van der Waals surface area (Å²) >= 11 is 3.41. The fourth-order valence-electron chi connectivity index (χ4n) is 0. The van der Waals surface area contributed by atoms with Crippen molar-refractivity contribution in [1.82, 2.24) is 0 Å². The SMILES string of the molecule is O=[C]SS. The van der Waals surface area contributed by atoms with Gasteiger partial charge in [0.1, 0.15) is 0 Å². The van der Waals surface area contributed by atoms with Gasteiger partial charge in [-0.15, -0.1) is 11.7 Å². The van der Waals surface area contributed by atoms with Gasteiger partial charge in [-0.2, -0.15) is 0 Å². The zero-order chi connectivity index (χ0) is 3.41. The van der Waals surface area contributed by atoms with E-state index in [0.717, 1.165) is 10.8 Å². The molecular formula is CHOS2. The van der Waals surface area contributed by atoms with E-state index in [1.807, 2.05) is 0 Å². The van der Waals surface area contributed by atoms with Gasteiger partial charge in [-0.05, 0) is 10.8 Å². The molecule has 0 aromatic rings. The quantitative estimate of drug-likeness (QED) is 0.378. The van der Waals surface area contributed by atoms with E-state index in [1.54, 1.807) is 0 Å². The van der Waals surface area contributed by atoms with Crippen molar-refractivity contribution in [3.05, 3.63) is 0 Å². The Balaban J connectivity index is 2.30. The first-order valence-electron chi connectivity index (χ1n) is 0.591. The van der Waals surface area contributed by atoms with Crippen LogP contribution in [0.4, 0.5) is 0 Å². The molecule has 0 aromatic carbocycles. The zero-order valence-corrected chi connectivity index (χ0v) is 3.47. The van der Waals surface area contributed by atoms with Gasteiger partial charge in [-0.3, -0.25) is 4.79 Å². The second-order valence-corrected chi connectivity index (χ2v) is 1.07. The maximum atomic E-state index is 8.94. The first kappa shape index (κ1) is 4.37. The average molecular weight is 93.2 g/mol. The van der Waals surface area contributed by atoms with Crippen molar-refractivity contribution in [1.29, 1.82) is 0 Å². The van der Waals surface area contributed by atoms with Crippen LogP contribution < -0.4 is 0 Å². The number of thiol groups is 1. The van der Waals surface area contributed by atoms with E-state index in [1.165, 1.54) is 5.62 Å². The van der Waals surface area contributed by atoms with Gasteiger partial charge in [0, 0.05) is 0 Å². The third kappa shape index (κ3) is 2.37. The van der Waals surface area contributed by atoms with E-state index >= 15 is 0 Å². The van der Waals surface area contributed by atoms with Crippen LogP contribution >= 0.6 is 22.5 Å². The van der Waals surface area contributed by atoms with Crippen LogP contribution in [0.2, 0.25) is 0 Å². The van der Waals surface area contributed by atoms with Gasteiger partial charge in [0.2, 0.25) is 0 Å². The predicted octanol–water partition coefficient (Wildman–Crippen LogP) is 0.632. The summed E-state index contributed by atoms with van der Waals surface area (Å²) in [6.45, 7) is 0. The van der Waals surface area contributed by atoms with Crippen molar-refractivity contribution in [2.45, 2.75) is 0 Å². The Labute approximate surface area is 33.6 Å². The molecule has 0 aliphatic carbocycles. The normalized spacial score (nSPS) is 6.25. The molecule has 0 bridgehead atoms. The van der Waals surface area contributed by atoms with Gasteiger partial charge in [-0.25, -0.2) is 0 Å². The van der Waals surface area contributed by atoms with Crippen LogP contribution in [0.15, 0.2) is 0 Å². The maximum absolute atomic E-state index is 8.94. The second kappa shape index (κ2) is 3.37. The highest BCUT2D eigenvalue weighted by molar-refractivity contribution is 8.74. The zero-order valence-electron chi connectivity index (χ0n) is 1.76. The van der Waals surface area contributed by atoms with Crippen molar-refractivity contribution >= 4 is 28.1 Å². The monoisotopic (exact) mass is 92.9 g/mol. The van der Waals surface area contributed by atoms with Gasteiger partial charge in [0.05, 0.1) is 0 Å². The predicted molar refractivity (Wildman–Crippen MR) is 22.3 cm³/mol. The molecule has 4 heavy (non-hydrogen) atoms. The summed E-state index contributed by atoms with van der Waals surface area (Å²) in [5, 5.41) is 0. The molecule has 1 radical (unpaired) electrons. The third-order valence-corrected chi connectivity index (χ3v) is 0.335. The van der Waals surface area contributed by atoms with Crippen molar-refractivity contribution in [2.75, 3.05) is 0 Å². The highest BCUT2D eigenvalue weighted by Crippen LogP contribution is 1.93. The standard InChI is InChI=1S/CHOS2/c2-1-4-3/h3H. The van der Waals surface area contributed by atoms with Gasteiger partial charge in [-0.1, -0.05) is 0 Å². The smallest absolute Gasteiger partial charge is 0.276 e. The lowest BCUT2D eigenvalue weighted by Crippen LogP contribution is -1.35. The molecule has 0 aromatic heterocycles. The molecule has 0 spiro atoms. The molecule has 0 aliphatic rings. The van der Waals surface area contributed by atoms with E-state index in [-0.39, 0.29) is 0 Å². The molecule has 0 aliphatic heterocycles. The number of hydrogen-bond acceptors (Lipinski definition) is 3. The van der Waals surface area contributed by atoms with Crippen molar-refractivity contribution < 1.29 is 4.79 Å². The minimum Gasteiger partial charge on any atom is -0.276 e. The van der Waals surface area contributed by atoms with Crippen LogP contribution in [0.1, 0.15) is 0 Å². The van der Waals surface area contributed by atoms with E-state index < -0.39 is 0 Å². The van der Waals surface area contributed by atoms with Crippen molar-refractivity contribution in [3.8, 4) is 0 Å². The first-order valence-corrected chi connectivity index (χ1v) is 2.46. The summed E-state index contributed by atoms with van der Waals surface area (Å²) in [4.78, 5) is 8.94. The van der Waals surface area contributed by atoms with Gasteiger partial charge in [0.15, 0.2) is 0 Å². The van der Waals surface area contributed by atoms with Crippen LogP contribution in [0.25, 0.3) is 0 Å². The molecule has 0 saturated heterocycles. The Morgan fingerprint density at radius 3 is 2.25 bits per heavy atom. The molecule has 0 amide bonds. The Bertz CT molecular complexity index is 20.0. The second-order valence-electron chi connectivity index (χ2n) is 0.175. The molecular weight excluding hydrogens is 92.1 g/mol. The Morgan fingerprint density at radius 2 is 2.25 bits per heavy atom. The molecule has 0 rings (SSSR count). The molecule has 0 N–H and O–H groups in total. The maximum Gasteiger partial charge on any atom is 0.277 e. The van der Waals surface area contributed by atoms with Gasteiger partial charge < -0.3 is 0 Å². The lowest BCUT2D eigenvalue weighted by molar-refractivity contribution is 0.570. The van der Waals surface area contributed by atoms with Crippen LogP contribution in [-0.2, 0) is 4.79 Å². The Kier molecular flexibility index (Phi) is 3.68. The van der Waals surface area contributed by atoms with Gasteiger partial charge in [0.25, 0.3) is 5.62 Å². The molecule has 0 fully saturated rings. The molecule has 1 nitrogen and oxygen atoms in total. The van der Waals surface area contributed by atoms with E-state index in [9.17, 15) is 0 Å². The van der Waals surface area contributed by atoms with Crippen LogP contribution in [0.5, 0.6) is 0 Å². The summed E-state index contributed by atoms with van der Waals surface area (Å²) < 4.78 is 0. The van der Waals surface area contributed by atoms with E-state index in [4.69, 9.17) is 4.79 Å². The fourth-order valence-corrected chi connectivity index (χ4v) is 0. The average Bonchev–Trinajstić information content (AvgIpc) is 1.37. The third-order valence-electron chi connectivity index (χ3n) is 0.0373. The fraction of sp³-hybridized carbons (Fsp3) is 0. The highest BCUT2D eigenvalue weighted by Gasteiger charge is 1.57. The van der Waals surface area contributed by atoms with Crippen LogP contribution in [-0.4, -0.2) is 5.62 Å². The lowest BCUT2D eigenvalue weighted by Gasteiger charge is -1.48.